The largest absolute Gasteiger partial charge is 0.349 e. The molecule has 168 valence electrons. The fourth-order valence-electron chi connectivity index (χ4n) is 4.56. The topological polar surface area (TPSA) is 105 Å². The Morgan fingerprint density at radius 2 is 1.84 bits per heavy atom. The van der Waals surface area contributed by atoms with Gasteiger partial charge >= 0.3 is 0 Å². The monoisotopic (exact) mass is 434 g/mol. The number of hydrogen-bond donors (Lipinski definition) is 3. The average Bonchev–Trinajstić information content (AvgIpc) is 2.78. The molecule has 0 radical (unpaired) electrons. The molecule has 0 spiro atoms. The van der Waals surface area contributed by atoms with Gasteiger partial charge in [-0.1, -0.05) is 24.6 Å². The Balaban J connectivity index is 1.61. The number of hydrogen-bond acceptors (Lipinski definition) is 4. The SMILES string of the molecule is CCC1C(=O)Nc2cc(C(=O)NC3CCC(N)CC3)ccc2N1C(=O)c1cccc(C)c1. The van der Waals surface area contributed by atoms with E-state index >= 15 is 0 Å². The number of amides is 3. The first kappa shape index (κ1) is 22.0. The Morgan fingerprint density at radius 3 is 2.53 bits per heavy atom. The Hall–Kier alpha value is -3.19. The molecule has 2 aromatic rings. The van der Waals surface area contributed by atoms with Crippen molar-refractivity contribution in [2.75, 3.05) is 10.2 Å². The summed E-state index contributed by atoms with van der Waals surface area (Å²) >= 11 is 0. The second-order valence-electron chi connectivity index (χ2n) is 8.78. The zero-order chi connectivity index (χ0) is 22.8. The van der Waals surface area contributed by atoms with Gasteiger partial charge in [0.05, 0.1) is 11.4 Å². The molecule has 1 unspecified atom stereocenters. The highest BCUT2D eigenvalue weighted by Crippen LogP contribution is 2.35. The van der Waals surface area contributed by atoms with Gasteiger partial charge in [0.1, 0.15) is 6.04 Å². The third-order valence-corrected chi connectivity index (χ3v) is 6.37. The number of rotatable bonds is 4. The van der Waals surface area contributed by atoms with Gasteiger partial charge in [0.25, 0.3) is 11.8 Å². The van der Waals surface area contributed by atoms with E-state index in [1.807, 2.05) is 32.0 Å². The lowest BCUT2D eigenvalue weighted by molar-refractivity contribution is -0.117. The lowest BCUT2D eigenvalue weighted by Gasteiger charge is -2.36. The summed E-state index contributed by atoms with van der Waals surface area (Å²) in [4.78, 5) is 40.6. The predicted octanol–water partition coefficient (Wildman–Crippen LogP) is 3.37. The van der Waals surface area contributed by atoms with Crippen molar-refractivity contribution < 1.29 is 14.4 Å². The molecule has 0 saturated heterocycles. The van der Waals surface area contributed by atoms with E-state index in [4.69, 9.17) is 5.73 Å². The fourth-order valence-corrected chi connectivity index (χ4v) is 4.56. The average molecular weight is 435 g/mol. The summed E-state index contributed by atoms with van der Waals surface area (Å²) in [6, 6.07) is 12.2. The van der Waals surface area contributed by atoms with Gasteiger partial charge in [0.2, 0.25) is 5.91 Å². The van der Waals surface area contributed by atoms with E-state index in [2.05, 4.69) is 10.6 Å². The van der Waals surface area contributed by atoms with Gasteiger partial charge in [-0.15, -0.1) is 0 Å². The van der Waals surface area contributed by atoms with Crippen LogP contribution in [0.3, 0.4) is 0 Å². The van der Waals surface area contributed by atoms with E-state index in [9.17, 15) is 14.4 Å². The van der Waals surface area contributed by atoms with Gasteiger partial charge < -0.3 is 16.4 Å². The summed E-state index contributed by atoms with van der Waals surface area (Å²) in [7, 11) is 0. The number of aryl methyl sites for hydroxylation is 1. The van der Waals surface area contributed by atoms with E-state index in [1.165, 1.54) is 0 Å². The van der Waals surface area contributed by atoms with Crippen molar-refractivity contribution in [3.8, 4) is 0 Å². The zero-order valence-electron chi connectivity index (χ0n) is 18.6. The van der Waals surface area contributed by atoms with Crippen molar-refractivity contribution in [2.24, 2.45) is 5.73 Å². The van der Waals surface area contributed by atoms with E-state index in [0.29, 0.717) is 28.9 Å². The number of nitrogens with zero attached hydrogens (tertiary/aromatic N) is 1. The van der Waals surface area contributed by atoms with Crippen molar-refractivity contribution in [2.45, 2.75) is 64.1 Å². The van der Waals surface area contributed by atoms with E-state index in [0.717, 1.165) is 31.2 Å². The molecule has 4 rings (SSSR count). The quantitative estimate of drug-likeness (QED) is 0.686. The van der Waals surface area contributed by atoms with Crippen LogP contribution in [-0.2, 0) is 4.79 Å². The van der Waals surface area contributed by atoms with Gasteiger partial charge in [-0.2, -0.15) is 0 Å². The summed E-state index contributed by atoms with van der Waals surface area (Å²) < 4.78 is 0. The minimum absolute atomic E-state index is 0.108. The number of nitrogens with one attached hydrogen (secondary N) is 2. The summed E-state index contributed by atoms with van der Waals surface area (Å²) in [5, 5.41) is 5.96. The number of carbonyl (C=O) groups excluding carboxylic acids is 3. The first-order valence-electron chi connectivity index (χ1n) is 11.3. The molecule has 2 aromatic carbocycles. The normalized spacial score (nSPS) is 22.7. The highest BCUT2D eigenvalue weighted by atomic mass is 16.2. The van der Waals surface area contributed by atoms with Gasteiger partial charge in [-0.25, -0.2) is 0 Å². The van der Waals surface area contributed by atoms with Gasteiger partial charge in [-0.05, 0) is 69.4 Å². The molecule has 1 aliphatic carbocycles. The third-order valence-electron chi connectivity index (χ3n) is 6.37. The van der Waals surface area contributed by atoms with Crippen LogP contribution in [0.4, 0.5) is 11.4 Å². The maximum atomic E-state index is 13.4. The number of carbonyl (C=O) groups is 3. The van der Waals surface area contributed by atoms with Crippen molar-refractivity contribution in [3.63, 3.8) is 0 Å². The van der Waals surface area contributed by atoms with Crippen molar-refractivity contribution in [3.05, 3.63) is 59.2 Å². The van der Waals surface area contributed by atoms with Gasteiger partial charge in [0.15, 0.2) is 0 Å². The van der Waals surface area contributed by atoms with Crippen LogP contribution in [0, 0.1) is 6.92 Å². The van der Waals surface area contributed by atoms with Crippen molar-refractivity contribution in [1.82, 2.24) is 5.32 Å². The van der Waals surface area contributed by atoms with Crippen LogP contribution >= 0.6 is 0 Å². The lowest BCUT2D eigenvalue weighted by Crippen LogP contribution is -2.50. The van der Waals surface area contributed by atoms with Gasteiger partial charge in [-0.3, -0.25) is 19.3 Å². The lowest BCUT2D eigenvalue weighted by atomic mass is 9.91. The van der Waals surface area contributed by atoms with Crippen LogP contribution in [0.25, 0.3) is 0 Å². The molecule has 0 bridgehead atoms. The first-order chi connectivity index (χ1) is 15.4. The fraction of sp³-hybridized carbons (Fsp3) is 0.400. The molecule has 2 aliphatic rings. The molecule has 3 amide bonds. The third kappa shape index (κ3) is 4.39. The molecule has 7 nitrogen and oxygen atoms in total. The van der Waals surface area contributed by atoms with E-state index in [1.54, 1.807) is 29.2 Å². The number of benzene rings is 2. The highest BCUT2D eigenvalue weighted by molar-refractivity contribution is 6.17. The van der Waals surface area contributed by atoms with Crippen LogP contribution in [0.1, 0.15) is 65.3 Å². The molecule has 0 aromatic heterocycles. The molecule has 7 heteroatoms. The van der Waals surface area contributed by atoms with Crippen LogP contribution in [0.15, 0.2) is 42.5 Å². The number of fused-ring (bicyclic) bond motifs is 1. The van der Waals surface area contributed by atoms with Crippen LogP contribution in [-0.4, -0.2) is 35.8 Å². The number of anilines is 2. The standard InChI is InChI=1S/C25H30N4O3/c1-3-21-24(31)28-20-14-16(23(30)27-19-10-8-18(26)9-11-19)7-12-22(20)29(21)25(32)17-6-4-5-15(2)13-17/h4-7,12-14,18-19,21H,3,8-11,26H2,1-2H3,(H,27,30)(H,28,31). The molecule has 1 heterocycles. The summed E-state index contributed by atoms with van der Waals surface area (Å²) in [6.45, 7) is 3.81. The molecular weight excluding hydrogens is 404 g/mol. The van der Waals surface area contributed by atoms with E-state index in [-0.39, 0.29) is 29.8 Å². The second kappa shape index (κ2) is 9.12. The van der Waals surface area contributed by atoms with Crippen LogP contribution in [0.5, 0.6) is 0 Å². The molecule has 1 fully saturated rings. The second-order valence-corrected chi connectivity index (χ2v) is 8.78. The zero-order valence-corrected chi connectivity index (χ0v) is 18.6. The predicted molar refractivity (Wildman–Crippen MR) is 125 cm³/mol. The minimum atomic E-state index is -0.610. The van der Waals surface area contributed by atoms with Crippen molar-refractivity contribution >= 4 is 29.1 Å². The first-order valence-corrected chi connectivity index (χ1v) is 11.3. The number of nitrogens with two attached hydrogens (primary N) is 1. The Bertz CT molecular complexity index is 1040. The molecule has 1 aliphatic heterocycles. The van der Waals surface area contributed by atoms with Crippen LogP contribution < -0.4 is 21.3 Å². The van der Waals surface area contributed by atoms with Gasteiger partial charge in [0, 0.05) is 23.2 Å². The molecular formula is C25H30N4O3. The Morgan fingerprint density at radius 1 is 1.09 bits per heavy atom. The summed E-state index contributed by atoms with van der Waals surface area (Å²) in [5.41, 5.74) is 8.98. The van der Waals surface area contributed by atoms with Crippen molar-refractivity contribution in [1.29, 1.82) is 0 Å². The van der Waals surface area contributed by atoms with E-state index < -0.39 is 6.04 Å². The maximum Gasteiger partial charge on any atom is 0.259 e. The summed E-state index contributed by atoms with van der Waals surface area (Å²) in [5.74, 6) is -0.663. The minimum Gasteiger partial charge on any atom is -0.349 e. The Labute approximate surface area is 188 Å². The molecule has 1 atom stereocenters. The summed E-state index contributed by atoms with van der Waals surface area (Å²) in [6.07, 6.45) is 4.02. The molecule has 4 N–H and O–H groups in total. The molecule has 32 heavy (non-hydrogen) atoms. The smallest absolute Gasteiger partial charge is 0.259 e. The van der Waals surface area contributed by atoms with Crippen LogP contribution in [0.2, 0.25) is 0 Å². The Kier molecular flexibility index (Phi) is 6.28. The highest BCUT2D eigenvalue weighted by Gasteiger charge is 2.36. The maximum absolute atomic E-state index is 13.4. The molecule has 1 saturated carbocycles.